The number of aliphatic hydroxyl groups is 1. The van der Waals surface area contributed by atoms with E-state index in [-0.39, 0.29) is 6.61 Å². The third kappa shape index (κ3) is 3.42. The van der Waals surface area contributed by atoms with E-state index in [1.807, 2.05) is 0 Å². The molecule has 0 aliphatic carbocycles. The molecule has 0 spiro atoms. The van der Waals surface area contributed by atoms with Crippen LogP contribution in [0, 0.1) is 0 Å². The van der Waals surface area contributed by atoms with Crippen LogP contribution in [0.1, 0.15) is 24.4 Å². The van der Waals surface area contributed by atoms with Gasteiger partial charge < -0.3 is 14.6 Å². The monoisotopic (exact) mass is 260 g/mol. The summed E-state index contributed by atoms with van der Waals surface area (Å²) < 4.78 is 10.8. The number of aliphatic hydroxyl groups excluding tert-OH is 1. The van der Waals surface area contributed by atoms with Gasteiger partial charge in [0.25, 0.3) is 0 Å². The van der Waals surface area contributed by atoms with Gasteiger partial charge in [-0.1, -0.05) is 0 Å². The van der Waals surface area contributed by atoms with Crippen molar-refractivity contribution >= 4 is 0 Å². The number of nitrogens with zero attached hydrogens (tertiary/aromatic N) is 2. The summed E-state index contributed by atoms with van der Waals surface area (Å²) in [5.74, 6) is 1.83. The average Bonchev–Trinajstić information content (AvgIpc) is 2.45. The predicted molar refractivity (Wildman–Crippen MR) is 70.0 cm³/mol. The van der Waals surface area contributed by atoms with E-state index in [1.54, 1.807) is 50.7 Å². The van der Waals surface area contributed by atoms with Crippen molar-refractivity contribution in [2.24, 2.45) is 0 Å². The van der Waals surface area contributed by atoms with Crippen LogP contribution in [0.25, 0.3) is 0 Å². The second kappa shape index (κ2) is 6.15. The van der Waals surface area contributed by atoms with Crippen LogP contribution in [0.5, 0.6) is 11.5 Å². The average molecular weight is 260 g/mol. The quantitative estimate of drug-likeness (QED) is 0.892. The highest BCUT2D eigenvalue weighted by Gasteiger charge is 2.11. The second-order valence-electron chi connectivity index (χ2n) is 4.03. The molecular weight excluding hydrogens is 244 g/mol. The lowest BCUT2D eigenvalue weighted by atomic mass is 10.1. The minimum atomic E-state index is -0.613. The molecule has 5 nitrogen and oxygen atoms in total. The molecule has 1 N–H and O–H groups in total. The standard InChI is InChI=1S/C14H16N2O3/c1-10(17)12-5-4-11(18-2)8-13(12)19-9-14-15-6-3-7-16-14/h3-8,10,17H,9H2,1-2H3/t10-/m1/s1. The van der Waals surface area contributed by atoms with E-state index in [2.05, 4.69) is 9.97 Å². The molecule has 1 atom stereocenters. The fourth-order valence-electron chi connectivity index (χ4n) is 1.66. The van der Waals surface area contributed by atoms with E-state index in [0.717, 1.165) is 0 Å². The SMILES string of the molecule is COc1ccc([C@@H](C)O)c(OCc2ncccn2)c1. The van der Waals surface area contributed by atoms with Gasteiger partial charge in [0.15, 0.2) is 5.82 Å². The summed E-state index contributed by atoms with van der Waals surface area (Å²) in [6.07, 6.45) is 2.71. The lowest BCUT2D eigenvalue weighted by molar-refractivity contribution is 0.189. The van der Waals surface area contributed by atoms with Crippen molar-refractivity contribution in [1.29, 1.82) is 0 Å². The van der Waals surface area contributed by atoms with E-state index >= 15 is 0 Å². The van der Waals surface area contributed by atoms with Crippen molar-refractivity contribution in [2.45, 2.75) is 19.6 Å². The maximum Gasteiger partial charge on any atom is 0.166 e. The van der Waals surface area contributed by atoms with Crippen LogP contribution in [0.4, 0.5) is 0 Å². The van der Waals surface area contributed by atoms with Gasteiger partial charge in [-0.15, -0.1) is 0 Å². The van der Waals surface area contributed by atoms with Crippen LogP contribution in [-0.2, 0) is 6.61 Å². The zero-order valence-electron chi connectivity index (χ0n) is 10.9. The third-order valence-electron chi connectivity index (χ3n) is 2.65. The molecule has 0 saturated carbocycles. The van der Waals surface area contributed by atoms with Crippen LogP contribution in [0.2, 0.25) is 0 Å². The van der Waals surface area contributed by atoms with Crippen LogP contribution < -0.4 is 9.47 Å². The Kier molecular flexibility index (Phi) is 4.30. The molecule has 0 saturated heterocycles. The van der Waals surface area contributed by atoms with E-state index in [9.17, 15) is 5.11 Å². The number of hydrogen-bond acceptors (Lipinski definition) is 5. The summed E-state index contributed by atoms with van der Waals surface area (Å²) in [4.78, 5) is 8.16. The lowest BCUT2D eigenvalue weighted by Gasteiger charge is -2.14. The molecule has 1 heterocycles. The predicted octanol–water partition coefficient (Wildman–Crippen LogP) is 2.12. The first-order chi connectivity index (χ1) is 9.20. The Balaban J connectivity index is 2.18. The minimum absolute atomic E-state index is 0.244. The van der Waals surface area contributed by atoms with Gasteiger partial charge >= 0.3 is 0 Å². The summed E-state index contributed by atoms with van der Waals surface area (Å²) in [6.45, 7) is 1.93. The first-order valence-electron chi connectivity index (χ1n) is 5.95. The molecule has 0 unspecified atom stereocenters. The van der Waals surface area contributed by atoms with Gasteiger partial charge in [0.1, 0.15) is 18.1 Å². The molecule has 0 fully saturated rings. The van der Waals surface area contributed by atoms with E-state index < -0.39 is 6.10 Å². The Labute approximate surface area is 111 Å². The van der Waals surface area contributed by atoms with E-state index in [1.165, 1.54) is 0 Å². The number of hydrogen-bond donors (Lipinski definition) is 1. The first kappa shape index (κ1) is 13.3. The molecule has 0 radical (unpaired) electrons. The van der Waals surface area contributed by atoms with Gasteiger partial charge in [-0.25, -0.2) is 9.97 Å². The zero-order valence-corrected chi connectivity index (χ0v) is 10.9. The molecule has 0 amide bonds. The van der Waals surface area contributed by atoms with E-state index in [4.69, 9.17) is 9.47 Å². The molecule has 2 rings (SSSR count). The first-order valence-corrected chi connectivity index (χ1v) is 5.95. The Morgan fingerprint density at radius 1 is 1.26 bits per heavy atom. The Morgan fingerprint density at radius 2 is 2.00 bits per heavy atom. The fraction of sp³-hybridized carbons (Fsp3) is 0.286. The molecule has 2 aromatic rings. The topological polar surface area (TPSA) is 64.5 Å². The number of rotatable bonds is 5. The number of benzene rings is 1. The van der Waals surface area contributed by atoms with Gasteiger partial charge in [0.2, 0.25) is 0 Å². The normalized spacial score (nSPS) is 11.9. The zero-order chi connectivity index (χ0) is 13.7. The molecule has 19 heavy (non-hydrogen) atoms. The molecule has 100 valence electrons. The molecule has 1 aromatic heterocycles. The van der Waals surface area contributed by atoms with Crippen molar-refractivity contribution < 1.29 is 14.6 Å². The van der Waals surface area contributed by atoms with Gasteiger partial charge in [-0.2, -0.15) is 0 Å². The maximum atomic E-state index is 9.71. The number of aromatic nitrogens is 2. The highest BCUT2D eigenvalue weighted by molar-refractivity contribution is 5.41. The Hall–Kier alpha value is -2.14. The summed E-state index contributed by atoms with van der Waals surface area (Å²) >= 11 is 0. The van der Waals surface area contributed by atoms with Crippen LogP contribution >= 0.6 is 0 Å². The van der Waals surface area contributed by atoms with Gasteiger partial charge in [-0.3, -0.25) is 0 Å². The highest BCUT2D eigenvalue weighted by Crippen LogP contribution is 2.29. The van der Waals surface area contributed by atoms with Gasteiger partial charge in [0, 0.05) is 24.0 Å². The van der Waals surface area contributed by atoms with Crippen LogP contribution in [0.15, 0.2) is 36.7 Å². The van der Waals surface area contributed by atoms with Crippen LogP contribution in [0.3, 0.4) is 0 Å². The van der Waals surface area contributed by atoms with Crippen LogP contribution in [-0.4, -0.2) is 22.2 Å². The molecule has 5 heteroatoms. The number of ether oxygens (including phenoxy) is 2. The van der Waals surface area contributed by atoms with Crippen molar-refractivity contribution in [3.8, 4) is 11.5 Å². The summed E-state index contributed by atoms with van der Waals surface area (Å²) in [7, 11) is 1.58. The van der Waals surface area contributed by atoms with Crippen molar-refractivity contribution in [3.63, 3.8) is 0 Å². The third-order valence-corrected chi connectivity index (χ3v) is 2.65. The van der Waals surface area contributed by atoms with Crippen molar-refractivity contribution in [2.75, 3.05) is 7.11 Å². The number of methoxy groups -OCH3 is 1. The highest BCUT2D eigenvalue weighted by atomic mass is 16.5. The summed E-state index contributed by atoms with van der Waals surface area (Å²) in [5, 5.41) is 9.71. The van der Waals surface area contributed by atoms with Crippen molar-refractivity contribution in [3.05, 3.63) is 48.0 Å². The lowest BCUT2D eigenvalue weighted by Crippen LogP contribution is -2.04. The largest absolute Gasteiger partial charge is 0.497 e. The van der Waals surface area contributed by atoms with Gasteiger partial charge in [0.05, 0.1) is 13.2 Å². The smallest absolute Gasteiger partial charge is 0.166 e. The maximum absolute atomic E-state index is 9.71. The van der Waals surface area contributed by atoms with E-state index in [0.29, 0.717) is 22.9 Å². The Bertz CT molecular complexity index is 529. The molecule has 0 bridgehead atoms. The molecular formula is C14H16N2O3. The van der Waals surface area contributed by atoms with Gasteiger partial charge in [-0.05, 0) is 25.1 Å². The Morgan fingerprint density at radius 3 is 2.63 bits per heavy atom. The summed E-state index contributed by atoms with van der Waals surface area (Å²) in [6, 6.07) is 7.06. The minimum Gasteiger partial charge on any atom is -0.497 e. The molecule has 0 aliphatic heterocycles. The van der Waals surface area contributed by atoms with Crippen molar-refractivity contribution in [1.82, 2.24) is 9.97 Å². The second-order valence-corrected chi connectivity index (χ2v) is 4.03. The fourth-order valence-corrected chi connectivity index (χ4v) is 1.66. The summed E-state index contributed by atoms with van der Waals surface area (Å²) in [5.41, 5.74) is 0.705. The molecule has 1 aromatic carbocycles. The molecule has 0 aliphatic rings.